The van der Waals surface area contributed by atoms with Crippen LogP contribution < -0.4 is 4.72 Å². The molecule has 1 aromatic carbocycles. The fourth-order valence-corrected chi connectivity index (χ4v) is 5.81. The fraction of sp³-hybridized carbons (Fsp3) is 0.647. The summed E-state index contributed by atoms with van der Waals surface area (Å²) in [6.07, 6.45) is 4.06. The molecule has 2 aliphatic rings. The van der Waals surface area contributed by atoms with Gasteiger partial charge in [-0.1, -0.05) is 0 Å². The van der Waals surface area contributed by atoms with Crippen molar-refractivity contribution in [3.8, 4) is 0 Å². The van der Waals surface area contributed by atoms with Crippen LogP contribution in [-0.2, 0) is 20.0 Å². The number of hydrogen-bond donors (Lipinski definition) is 1. The van der Waals surface area contributed by atoms with E-state index in [1.54, 1.807) is 0 Å². The van der Waals surface area contributed by atoms with Crippen molar-refractivity contribution in [3.63, 3.8) is 0 Å². The molecule has 1 aliphatic carbocycles. The zero-order valence-electron chi connectivity index (χ0n) is 15.3. The van der Waals surface area contributed by atoms with Gasteiger partial charge >= 0.3 is 0 Å². The largest absolute Gasteiger partial charge is 0.299 e. The van der Waals surface area contributed by atoms with E-state index in [2.05, 4.69) is 9.62 Å². The van der Waals surface area contributed by atoms with Crippen molar-refractivity contribution in [3.05, 3.63) is 24.3 Å². The highest BCUT2D eigenvalue weighted by molar-refractivity contribution is 7.89. The molecule has 0 amide bonds. The molecule has 26 heavy (non-hydrogen) atoms. The van der Waals surface area contributed by atoms with E-state index in [1.165, 1.54) is 41.4 Å². The maximum atomic E-state index is 12.5. The van der Waals surface area contributed by atoms with Crippen molar-refractivity contribution in [1.82, 2.24) is 13.9 Å². The molecule has 1 N–H and O–H groups in total. The first-order chi connectivity index (χ1) is 12.2. The standard InChI is InChI=1S/C17H27N3O4S2/c1-14(19(2)15-5-6-15)13-18-25(21,22)16-7-9-17(10-8-16)26(23,24)20-11-3-4-12-20/h7-10,14-15,18H,3-6,11-13H2,1-2H3. The normalized spacial score (nSPS) is 20.6. The Morgan fingerprint density at radius 2 is 1.62 bits per heavy atom. The maximum absolute atomic E-state index is 12.5. The molecule has 9 heteroatoms. The Kier molecular flexibility index (Phi) is 5.74. The van der Waals surface area contributed by atoms with Gasteiger partial charge in [-0.3, -0.25) is 4.90 Å². The first kappa shape index (κ1) is 19.8. The van der Waals surface area contributed by atoms with Crippen LogP contribution in [0.1, 0.15) is 32.6 Å². The molecular formula is C17H27N3O4S2. The Morgan fingerprint density at radius 3 is 2.15 bits per heavy atom. The van der Waals surface area contributed by atoms with Crippen LogP contribution in [0.5, 0.6) is 0 Å². The number of benzene rings is 1. The Morgan fingerprint density at radius 1 is 1.08 bits per heavy atom. The number of rotatable bonds is 8. The summed E-state index contributed by atoms with van der Waals surface area (Å²) in [5.74, 6) is 0. The fourth-order valence-electron chi connectivity index (χ4n) is 3.17. The van der Waals surface area contributed by atoms with E-state index in [0.717, 1.165) is 12.8 Å². The van der Waals surface area contributed by atoms with Crippen LogP contribution in [0.3, 0.4) is 0 Å². The molecule has 1 aliphatic heterocycles. The van der Waals surface area contributed by atoms with Crippen LogP contribution in [0.4, 0.5) is 0 Å². The lowest BCUT2D eigenvalue weighted by molar-refractivity contribution is 0.248. The Hall–Kier alpha value is -1.00. The molecule has 0 spiro atoms. The third-order valence-electron chi connectivity index (χ3n) is 5.22. The van der Waals surface area contributed by atoms with Gasteiger partial charge in [0.15, 0.2) is 0 Å². The molecule has 1 unspecified atom stereocenters. The molecule has 0 radical (unpaired) electrons. The molecule has 7 nitrogen and oxygen atoms in total. The van der Waals surface area contributed by atoms with Crippen LogP contribution >= 0.6 is 0 Å². The van der Waals surface area contributed by atoms with Gasteiger partial charge in [-0.05, 0) is 63.9 Å². The van der Waals surface area contributed by atoms with E-state index in [-0.39, 0.29) is 15.8 Å². The van der Waals surface area contributed by atoms with E-state index in [9.17, 15) is 16.8 Å². The topological polar surface area (TPSA) is 86.8 Å². The number of nitrogens with zero attached hydrogens (tertiary/aromatic N) is 2. The quantitative estimate of drug-likeness (QED) is 0.708. The summed E-state index contributed by atoms with van der Waals surface area (Å²) in [5.41, 5.74) is 0. The molecule has 2 fully saturated rings. The molecular weight excluding hydrogens is 374 g/mol. The minimum Gasteiger partial charge on any atom is -0.299 e. The van der Waals surface area contributed by atoms with Crippen molar-refractivity contribution < 1.29 is 16.8 Å². The summed E-state index contributed by atoms with van der Waals surface area (Å²) in [6.45, 7) is 3.36. The lowest BCUT2D eigenvalue weighted by atomic mass is 10.3. The monoisotopic (exact) mass is 401 g/mol. The minimum atomic E-state index is -3.66. The highest BCUT2D eigenvalue weighted by Gasteiger charge is 2.30. The third-order valence-corrected chi connectivity index (χ3v) is 8.58. The summed E-state index contributed by atoms with van der Waals surface area (Å²) >= 11 is 0. The minimum absolute atomic E-state index is 0.0825. The van der Waals surface area contributed by atoms with E-state index in [4.69, 9.17) is 0 Å². The van der Waals surface area contributed by atoms with Gasteiger partial charge in [0, 0.05) is 31.7 Å². The third kappa shape index (κ3) is 4.28. The number of hydrogen-bond acceptors (Lipinski definition) is 5. The summed E-state index contributed by atoms with van der Waals surface area (Å²) in [5, 5.41) is 0. The number of likely N-dealkylation sites (N-methyl/N-ethyl adjacent to an activating group) is 1. The SMILES string of the molecule is CC(CNS(=O)(=O)c1ccc(S(=O)(=O)N2CCCC2)cc1)N(C)C1CC1. The highest BCUT2D eigenvalue weighted by Crippen LogP contribution is 2.27. The molecule has 3 rings (SSSR count). The van der Waals surface area contributed by atoms with Gasteiger partial charge in [0.25, 0.3) is 0 Å². The Bertz CT molecular complexity index is 827. The van der Waals surface area contributed by atoms with Gasteiger partial charge in [0.05, 0.1) is 9.79 Å². The lowest BCUT2D eigenvalue weighted by Crippen LogP contribution is -2.41. The van der Waals surface area contributed by atoms with Gasteiger partial charge in [0.1, 0.15) is 0 Å². The predicted molar refractivity (Wildman–Crippen MR) is 99.9 cm³/mol. The first-order valence-corrected chi connectivity index (χ1v) is 12.0. The highest BCUT2D eigenvalue weighted by atomic mass is 32.2. The van der Waals surface area contributed by atoms with Crippen molar-refractivity contribution in [2.75, 3.05) is 26.7 Å². The molecule has 1 aromatic rings. The second kappa shape index (κ2) is 7.55. The predicted octanol–water partition coefficient (Wildman–Crippen LogP) is 1.23. The Labute approximate surface area is 156 Å². The molecule has 1 heterocycles. The second-order valence-electron chi connectivity index (χ2n) is 7.18. The van der Waals surface area contributed by atoms with Gasteiger partial charge < -0.3 is 0 Å². The average Bonchev–Trinajstić information content (AvgIpc) is 3.32. The molecule has 0 aromatic heterocycles. The lowest BCUT2D eigenvalue weighted by Gasteiger charge is -2.24. The van der Waals surface area contributed by atoms with E-state index >= 15 is 0 Å². The molecule has 1 saturated heterocycles. The van der Waals surface area contributed by atoms with Crippen molar-refractivity contribution in [2.24, 2.45) is 0 Å². The first-order valence-electron chi connectivity index (χ1n) is 9.03. The smallest absolute Gasteiger partial charge is 0.243 e. The van der Waals surface area contributed by atoms with Gasteiger partial charge in [-0.15, -0.1) is 0 Å². The summed E-state index contributed by atoms with van der Waals surface area (Å²) < 4.78 is 54.0. The second-order valence-corrected chi connectivity index (χ2v) is 10.9. The summed E-state index contributed by atoms with van der Waals surface area (Å²) in [6, 6.07) is 6.14. The van der Waals surface area contributed by atoms with E-state index in [0.29, 0.717) is 25.7 Å². The zero-order chi connectivity index (χ0) is 18.9. The van der Waals surface area contributed by atoms with Crippen LogP contribution in [0.15, 0.2) is 34.1 Å². The average molecular weight is 402 g/mol. The molecule has 0 bridgehead atoms. The van der Waals surface area contributed by atoms with Gasteiger partial charge in [-0.25, -0.2) is 21.6 Å². The molecule has 1 atom stereocenters. The van der Waals surface area contributed by atoms with Crippen LogP contribution in [-0.4, -0.2) is 64.8 Å². The maximum Gasteiger partial charge on any atom is 0.243 e. The Balaban J connectivity index is 1.66. The van der Waals surface area contributed by atoms with Crippen molar-refractivity contribution in [2.45, 2.75) is 54.5 Å². The summed E-state index contributed by atoms with van der Waals surface area (Å²) in [7, 11) is -5.18. The zero-order valence-corrected chi connectivity index (χ0v) is 16.9. The van der Waals surface area contributed by atoms with Gasteiger partial charge in [-0.2, -0.15) is 4.31 Å². The number of nitrogens with one attached hydrogen (secondary N) is 1. The van der Waals surface area contributed by atoms with E-state index < -0.39 is 20.0 Å². The van der Waals surface area contributed by atoms with Crippen LogP contribution in [0.25, 0.3) is 0 Å². The molecule has 1 saturated carbocycles. The summed E-state index contributed by atoms with van der Waals surface area (Å²) in [4.78, 5) is 2.41. The van der Waals surface area contributed by atoms with Gasteiger partial charge in [0.2, 0.25) is 20.0 Å². The van der Waals surface area contributed by atoms with Crippen LogP contribution in [0.2, 0.25) is 0 Å². The van der Waals surface area contributed by atoms with E-state index in [1.807, 2.05) is 14.0 Å². The van der Waals surface area contributed by atoms with Crippen molar-refractivity contribution in [1.29, 1.82) is 0 Å². The van der Waals surface area contributed by atoms with Crippen molar-refractivity contribution >= 4 is 20.0 Å². The number of sulfonamides is 2. The molecule has 146 valence electrons. The van der Waals surface area contributed by atoms with Crippen LogP contribution in [0, 0.1) is 0 Å².